The van der Waals surface area contributed by atoms with E-state index < -0.39 is 0 Å². The van der Waals surface area contributed by atoms with Crippen molar-refractivity contribution in [3.63, 3.8) is 0 Å². The molecule has 0 aromatic heterocycles. The highest BCUT2D eigenvalue weighted by atomic mass is 16.5. The number of aryl methyl sites for hydroxylation is 1. The normalized spacial score (nSPS) is 14.8. The van der Waals surface area contributed by atoms with Gasteiger partial charge >= 0.3 is 0 Å². The van der Waals surface area contributed by atoms with Crippen molar-refractivity contribution >= 4 is 17.5 Å². The van der Waals surface area contributed by atoms with Crippen molar-refractivity contribution < 1.29 is 14.3 Å². The molecule has 1 aliphatic heterocycles. The monoisotopic (exact) mass is 424 g/mol. The van der Waals surface area contributed by atoms with Crippen LogP contribution in [0.25, 0.3) is 0 Å². The van der Waals surface area contributed by atoms with Crippen LogP contribution in [0.3, 0.4) is 0 Å². The van der Waals surface area contributed by atoms with Crippen molar-refractivity contribution in [2.45, 2.75) is 13.5 Å². The molecule has 0 aliphatic carbocycles. The van der Waals surface area contributed by atoms with Crippen LogP contribution in [0.2, 0.25) is 0 Å². The van der Waals surface area contributed by atoms with Gasteiger partial charge in [-0.3, -0.25) is 19.4 Å². The Bertz CT molecular complexity index is 894. The van der Waals surface area contributed by atoms with Gasteiger partial charge < -0.3 is 15.0 Å². The van der Waals surface area contributed by atoms with Gasteiger partial charge in [0.25, 0.3) is 0 Å². The number of anilines is 1. The van der Waals surface area contributed by atoms with Gasteiger partial charge in [-0.2, -0.15) is 0 Å². The van der Waals surface area contributed by atoms with Crippen LogP contribution in [0.15, 0.2) is 48.5 Å². The number of nitrogens with one attached hydrogen (secondary N) is 1. The van der Waals surface area contributed by atoms with Crippen molar-refractivity contribution in [3.05, 3.63) is 59.7 Å². The summed E-state index contributed by atoms with van der Waals surface area (Å²) in [4.78, 5) is 30.9. The number of likely N-dealkylation sites (N-methyl/N-ethyl adjacent to an activating group) is 1. The molecular formula is C24H32N4O3. The zero-order valence-corrected chi connectivity index (χ0v) is 18.6. The Hall–Kier alpha value is -2.90. The molecule has 31 heavy (non-hydrogen) atoms. The van der Waals surface area contributed by atoms with E-state index in [1.165, 1.54) is 16.0 Å². The zero-order valence-electron chi connectivity index (χ0n) is 18.6. The summed E-state index contributed by atoms with van der Waals surface area (Å²) in [6, 6.07) is 15.7. The molecule has 0 unspecified atom stereocenters. The Morgan fingerprint density at radius 1 is 1.03 bits per heavy atom. The number of carbonyl (C=O) groups is 2. The maximum absolute atomic E-state index is 12.6. The maximum atomic E-state index is 12.6. The lowest BCUT2D eigenvalue weighted by Gasteiger charge is -2.35. The van der Waals surface area contributed by atoms with Gasteiger partial charge in [0.05, 0.1) is 20.2 Å². The van der Waals surface area contributed by atoms with Gasteiger partial charge in [-0.25, -0.2) is 0 Å². The fraction of sp³-hybridized carbons (Fsp3) is 0.417. The minimum Gasteiger partial charge on any atom is -0.497 e. The van der Waals surface area contributed by atoms with E-state index in [0.717, 1.165) is 32.7 Å². The Labute approximate surface area is 184 Å². The highest BCUT2D eigenvalue weighted by Gasteiger charge is 2.21. The van der Waals surface area contributed by atoms with Gasteiger partial charge in [0.15, 0.2) is 0 Å². The molecule has 2 amide bonds. The molecule has 2 aromatic rings. The summed E-state index contributed by atoms with van der Waals surface area (Å²) in [6.07, 6.45) is 0. The third-order valence-electron chi connectivity index (χ3n) is 5.47. The van der Waals surface area contributed by atoms with Gasteiger partial charge in [0.2, 0.25) is 11.8 Å². The number of hydrogen-bond acceptors (Lipinski definition) is 5. The van der Waals surface area contributed by atoms with E-state index in [1.807, 2.05) is 12.1 Å². The lowest BCUT2D eigenvalue weighted by Crippen LogP contribution is -2.49. The second-order valence-corrected chi connectivity index (χ2v) is 8.07. The Morgan fingerprint density at radius 2 is 1.74 bits per heavy atom. The molecule has 166 valence electrons. The van der Waals surface area contributed by atoms with Gasteiger partial charge in [-0.05, 0) is 24.6 Å². The standard InChI is InChI=1S/C24H32N4O3/c1-19-6-4-7-20(14-19)16-27-10-12-28(13-11-27)18-24(30)26(2)17-23(29)25-21-8-5-9-22(15-21)31-3/h4-9,14-15H,10-13,16-18H2,1-3H3,(H,25,29). The summed E-state index contributed by atoms with van der Waals surface area (Å²) in [5.74, 6) is 0.392. The zero-order chi connectivity index (χ0) is 22.2. The third kappa shape index (κ3) is 7.08. The van der Waals surface area contributed by atoms with Crippen LogP contribution in [0.4, 0.5) is 5.69 Å². The van der Waals surface area contributed by atoms with Crippen LogP contribution in [-0.4, -0.2) is 79.9 Å². The number of rotatable bonds is 8. The first-order valence-electron chi connectivity index (χ1n) is 10.6. The maximum Gasteiger partial charge on any atom is 0.243 e. The van der Waals surface area contributed by atoms with Crippen LogP contribution >= 0.6 is 0 Å². The lowest BCUT2D eigenvalue weighted by atomic mass is 10.1. The third-order valence-corrected chi connectivity index (χ3v) is 5.47. The predicted molar refractivity (Wildman–Crippen MR) is 122 cm³/mol. The number of methoxy groups -OCH3 is 1. The molecule has 1 saturated heterocycles. The number of hydrogen-bond donors (Lipinski definition) is 1. The molecule has 0 saturated carbocycles. The van der Waals surface area contributed by atoms with Gasteiger partial charge in [-0.15, -0.1) is 0 Å². The summed E-state index contributed by atoms with van der Waals surface area (Å²) in [6.45, 7) is 6.96. The average Bonchev–Trinajstić information content (AvgIpc) is 2.75. The van der Waals surface area contributed by atoms with Crippen molar-refractivity contribution in [2.24, 2.45) is 0 Å². The molecule has 0 atom stereocenters. The minimum atomic E-state index is -0.230. The number of nitrogens with zero attached hydrogens (tertiary/aromatic N) is 3. The second-order valence-electron chi connectivity index (χ2n) is 8.07. The van der Waals surface area contributed by atoms with E-state index >= 15 is 0 Å². The van der Waals surface area contributed by atoms with Crippen molar-refractivity contribution in [1.29, 1.82) is 0 Å². The van der Waals surface area contributed by atoms with E-state index in [1.54, 1.807) is 26.3 Å². The van der Waals surface area contributed by atoms with Crippen molar-refractivity contribution in [3.8, 4) is 5.75 Å². The summed E-state index contributed by atoms with van der Waals surface area (Å²) in [7, 11) is 3.25. The first-order chi connectivity index (χ1) is 14.9. The lowest BCUT2D eigenvalue weighted by molar-refractivity contribution is -0.134. The van der Waals surface area contributed by atoms with E-state index in [-0.39, 0.29) is 18.4 Å². The van der Waals surface area contributed by atoms with Crippen LogP contribution in [0.5, 0.6) is 5.75 Å². The van der Waals surface area contributed by atoms with Crippen molar-refractivity contribution in [1.82, 2.24) is 14.7 Å². The fourth-order valence-corrected chi connectivity index (χ4v) is 3.69. The van der Waals surface area contributed by atoms with Crippen LogP contribution in [0.1, 0.15) is 11.1 Å². The smallest absolute Gasteiger partial charge is 0.243 e. The number of amides is 2. The molecule has 7 nitrogen and oxygen atoms in total. The number of benzene rings is 2. The topological polar surface area (TPSA) is 65.1 Å². The molecule has 2 aromatic carbocycles. The summed E-state index contributed by atoms with van der Waals surface area (Å²) >= 11 is 0. The first-order valence-corrected chi connectivity index (χ1v) is 10.6. The summed E-state index contributed by atoms with van der Waals surface area (Å²) in [5, 5.41) is 2.81. The van der Waals surface area contributed by atoms with Crippen LogP contribution in [0, 0.1) is 6.92 Å². The molecule has 7 heteroatoms. The molecule has 1 N–H and O–H groups in total. The largest absolute Gasteiger partial charge is 0.497 e. The highest BCUT2D eigenvalue weighted by Crippen LogP contribution is 2.16. The first kappa shape index (κ1) is 22.8. The number of piperazine rings is 1. The Balaban J connectivity index is 1.40. The molecule has 0 spiro atoms. The molecular weight excluding hydrogens is 392 g/mol. The van der Waals surface area contributed by atoms with E-state index in [2.05, 4.69) is 46.3 Å². The summed E-state index contributed by atoms with van der Waals surface area (Å²) < 4.78 is 5.16. The second kappa shape index (κ2) is 10.9. The van der Waals surface area contributed by atoms with E-state index in [0.29, 0.717) is 18.0 Å². The molecule has 1 heterocycles. The van der Waals surface area contributed by atoms with Crippen LogP contribution in [-0.2, 0) is 16.1 Å². The molecule has 1 fully saturated rings. The van der Waals surface area contributed by atoms with Crippen LogP contribution < -0.4 is 10.1 Å². The summed E-state index contributed by atoms with van der Waals surface area (Å²) in [5.41, 5.74) is 3.25. The molecule has 0 radical (unpaired) electrons. The minimum absolute atomic E-state index is 0.0172. The number of carbonyl (C=O) groups excluding carboxylic acids is 2. The van der Waals surface area contributed by atoms with Gasteiger partial charge in [0.1, 0.15) is 5.75 Å². The molecule has 0 bridgehead atoms. The SMILES string of the molecule is COc1cccc(NC(=O)CN(C)C(=O)CN2CCN(Cc3cccc(C)c3)CC2)c1. The number of ether oxygens (including phenoxy) is 1. The van der Waals surface area contributed by atoms with Gasteiger partial charge in [-0.1, -0.05) is 35.9 Å². The predicted octanol–water partition coefficient (Wildman–Crippen LogP) is 2.22. The molecule has 3 rings (SSSR count). The van der Waals surface area contributed by atoms with Crippen molar-refractivity contribution in [2.75, 3.05) is 58.7 Å². The van der Waals surface area contributed by atoms with E-state index in [9.17, 15) is 9.59 Å². The highest BCUT2D eigenvalue weighted by molar-refractivity contribution is 5.94. The fourth-order valence-electron chi connectivity index (χ4n) is 3.69. The quantitative estimate of drug-likeness (QED) is 0.704. The van der Waals surface area contributed by atoms with E-state index in [4.69, 9.17) is 4.74 Å². The Morgan fingerprint density at radius 3 is 2.45 bits per heavy atom. The Kier molecular flexibility index (Phi) is 8.03. The average molecular weight is 425 g/mol. The van der Waals surface area contributed by atoms with Gasteiger partial charge in [0, 0.05) is 51.5 Å². The molecule has 1 aliphatic rings.